The molecule has 0 aromatic heterocycles. The predicted molar refractivity (Wildman–Crippen MR) is 138 cm³/mol. The molecule has 0 aliphatic carbocycles. The van der Waals surface area contributed by atoms with Crippen LogP contribution in [0.4, 0.5) is 0 Å². The van der Waals surface area contributed by atoms with Crippen molar-refractivity contribution in [3.63, 3.8) is 0 Å². The van der Waals surface area contributed by atoms with Gasteiger partial charge in [0.15, 0.2) is 0 Å². The van der Waals surface area contributed by atoms with Crippen LogP contribution in [0.25, 0.3) is 14.5 Å². The van der Waals surface area contributed by atoms with Crippen LogP contribution in [0.1, 0.15) is 99.3 Å². The summed E-state index contributed by atoms with van der Waals surface area (Å²) in [6.45, 7) is 44.7. The van der Waals surface area contributed by atoms with Crippen molar-refractivity contribution in [2.24, 2.45) is 0 Å². The molecule has 0 aliphatic heterocycles. The zero-order valence-corrected chi connectivity index (χ0v) is 25.9. The number of hydrogen-bond donors (Lipinski definition) is 3. The maximum absolute atomic E-state index is 10.7. The van der Waals surface area contributed by atoms with Gasteiger partial charge in [-0.15, -0.1) is 0 Å². The minimum absolute atomic E-state index is 0. The zero-order chi connectivity index (χ0) is 32.7. The Labute approximate surface area is 252 Å². The van der Waals surface area contributed by atoms with Crippen LogP contribution in [0.15, 0.2) is 0 Å². The quantitative estimate of drug-likeness (QED) is 0.139. The van der Waals surface area contributed by atoms with Crippen molar-refractivity contribution < 1.29 is 64.7 Å². The number of carboxylic acid groups (broad SMARTS) is 3. The summed E-state index contributed by atoms with van der Waals surface area (Å²) in [7, 11) is 0. The van der Waals surface area contributed by atoms with Crippen LogP contribution in [0.2, 0.25) is 0 Å². The Kier molecular flexibility index (Phi) is 44.9. The Hall–Kier alpha value is -3.21. The molecule has 3 unspecified atom stereocenters. The molecule has 0 heterocycles. The predicted octanol–water partition coefficient (Wildman–Crippen LogP) is 5.70. The van der Waals surface area contributed by atoms with Gasteiger partial charge in [0.05, 0.1) is 0 Å². The largest absolute Gasteiger partial charge is 0 e. The van der Waals surface area contributed by atoms with Crippen molar-refractivity contribution in [2.75, 3.05) is 0 Å². The Bertz CT molecular complexity index is 771. The number of rotatable bonds is 12. The summed E-state index contributed by atoms with van der Waals surface area (Å²) in [6.07, 6.45) is 4.72. The third-order valence-corrected chi connectivity index (χ3v) is 5.58. The third kappa shape index (κ3) is 19.8. The molecule has 0 rings (SSSR count). The third-order valence-electron chi connectivity index (χ3n) is 5.58. The molecule has 0 fully saturated rings. The molecule has 40 heavy (non-hydrogen) atoms. The van der Waals surface area contributed by atoms with Gasteiger partial charge in [-0.3, -0.25) is 14.5 Å². The smallest absolute Gasteiger partial charge is 0 e. The maximum atomic E-state index is 10.7. The van der Waals surface area contributed by atoms with E-state index in [1.165, 1.54) is 0 Å². The molecule has 0 radical (unpaired) electrons. The minimum atomic E-state index is -1.16. The summed E-state index contributed by atoms with van der Waals surface area (Å²) in [5.74, 6) is -2.97. The summed E-state index contributed by atoms with van der Waals surface area (Å²) < 4.78 is 22.5. The van der Waals surface area contributed by atoms with Gasteiger partial charge in [0.1, 0.15) is 0 Å². The van der Waals surface area contributed by atoms with Crippen LogP contribution in [0.3, 0.4) is 0 Å². The average Bonchev–Trinajstić information content (AvgIpc) is 2.97. The summed E-state index contributed by atoms with van der Waals surface area (Å²) in [6, 6.07) is 0. The fourth-order valence-corrected chi connectivity index (χ4v) is 3.09. The second-order valence-electron chi connectivity index (χ2n) is 7.66. The molecule has 0 aliphatic rings. The van der Waals surface area contributed by atoms with Crippen molar-refractivity contribution in [1.29, 1.82) is 0 Å². The number of aliphatic carboxylic acids is 3. The van der Waals surface area contributed by atoms with E-state index >= 15 is 0 Å². The van der Waals surface area contributed by atoms with Gasteiger partial charge in [-0.1, -0.05) is 41.5 Å². The van der Waals surface area contributed by atoms with Crippen LogP contribution in [-0.4, -0.2) is 49.8 Å². The molecule has 222 valence electrons. The first kappa shape index (κ1) is 53.1. The van der Waals surface area contributed by atoms with Gasteiger partial charge in [0.25, 0.3) is 0 Å². The fourth-order valence-electron chi connectivity index (χ4n) is 3.09. The van der Waals surface area contributed by atoms with Crippen molar-refractivity contribution in [3.8, 4) is 0 Å². The summed E-state index contributed by atoms with van der Waals surface area (Å²) >= 11 is 0. The normalized spacial score (nSPS) is 12.5. The molecule has 0 bridgehead atoms. The molecule has 13 heteroatoms. The van der Waals surface area contributed by atoms with Crippen LogP contribution < -0.4 is 0 Å². The number of carboxylic acids is 3. The molecular formula is C27H39MoN3O9. The molecule has 12 nitrogen and oxygen atoms in total. The van der Waals surface area contributed by atoms with Crippen LogP contribution in [0.5, 0.6) is 0 Å². The van der Waals surface area contributed by atoms with Crippen LogP contribution >= 0.6 is 0 Å². The molecule has 0 aromatic carbocycles. The monoisotopic (exact) mass is 647 g/mol. The molecule has 0 saturated carbocycles. The second-order valence-corrected chi connectivity index (χ2v) is 7.66. The van der Waals surface area contributed by atoms with Crippen molar-refractivity contribution in [3.05, 3.63) is 54.2 Å². The average molecular weight is 646 g/mol. The van der Waals surface area contributed by atoms with E-state index in [1.54, 1.807) is 20.8 Å². The van der Waals surface area contributed by atoms with E-state index in [9.17, 15) is 14.4 Å². The molecule has 0 spiro atoms. The second kappa shape index (κ2) is 33.8. The standard InChI is InChI=1S/3C8H13NO2.3CO.Mo/c3*1-4-6-8(5-2,9-3)7(10)11;3*1-2;/h3*4-6H2,1-2H3,(H,10,11);;;;. The maximum Gasteiger partial charge on any atom is 0 e. The Morgan fingerprint density at radius 1 is 0.525 bits per heavy atom. The van der Waals surface area contributed by atoms with Crippen molar-refractivity contribution in [2.45, 2.75) is 116 Å². The van der Waals surface area contributed by atoms with Crippen molar-refractivity contribution in [1.82, 2.24) is 0 Å². The van der Waals surface area contributed by atoms with Gasteiger partial charge in [-0.05, 0) is 19.3 Å². The molecule has 0 saturated heterocycles. The van der Waals surface area contributed by atoms with E-state index < -0.39 is 34.5 Å². The molecule has 3 N–H and O–H groups in total. The summed E-state index contributed by atoms with van der Waals surface area (Å²) in [5, 5.41) is 26.2. The van der Waals surface area contributed by atoms with Gasteiger partial charge in [-0.25, -0.2) is 34.1 Å². The first-order chi connectivity index (χ1) is 18.4. The van der Waals surface area contributed by atoms with E-state index in [1.807, 2.05) is 20.8 Å². The van der Waals surface area contributed by atoms with Gasteiger partial charge in [0, 0.05) is 59.6 Å². The van der Waals surface area contributed by atoms with E-state index in [4.69, 9.17) is 49.0 Å². The van der Waals surface area contributed by atoms with Gasteiger partial charge >= 0.3 is 68.4 Å². The zero-order valence-electron chi connectivity index (χ0n) is 23.9. The van der Waals surface area contributed by atoms with E-state index in [0.29, 0.717) is 38.5 Å². The van der Waals surface area contributed by atoms with Crippen LogP contribution in [-0.2, 0) is 49.4 Å². The molecular weight excluding hydrogens is 606 g/mol. The first-order valence-corrected chi connectivity index (χ1v) is 11.9. The molecule has 3 atom stereocenters. The molecule has 0 amide bonds. The number of carbonyl (C=O) groups is 3. The fraction of sp³-hybridized carbons (Fsp3) is 0.667. The van der Waals surface area contributed by atoms with E-state index in [0.717, 1.165) is 19.3 Å². The van der Waals surface area contributed by atoms with E-state index in [2.05, 4.69) is 34.5 Å². The summed E-state index contributed by atoms with van der Waals surface area (Å²) in [4.78, 5) is 41.5. The van der Waals surface area contributed by atoms with Crippen LogP contribution in [0, 0.1) is 39.7 Å². The first-order valence-electron chi connectivity index (χ1n) is 11.9. The number of hydrogen-bond acceptors (Lipinski definition) is 3. The van der Waals surface area contributed by atoms with Gasteiger partial charge in [0.2, 0.25) is 0 Å². The van der Waals surface area contributed by atoms with E-state index in [-0.39, 0.29) is 21.1 Å². The Balaban J connectivity index is -0.0000000735. The van der Waals surface area contributed by atoms with Gasteiger partial charge in [-0.2, -0.15) is 0 Å². The summed E-state index contributed by atoms with van der Waals surface area (Å²) in [5.41, 5.74) is -3.47. The Morgan fingerprint density at radius 3 is 0.700 bits per heavy atom. The Morgan fingerprint density at radius 2 is 0.675 bits per heavy atom. The minimum Gasteiger partial charge on any atom is 0 e. The topological polar surface area (TPSA) is 185 Å². The number of nitrogens with zero attached hydrogens (tertiary/aromatic N) is 3. The van der Waals surface area contributed by atoms with Gasteiger partial charge < -0.3 is 15.3 Å². The molecule has 0 aromatic rings. The van der Waals surface area contributed by atoms with Crippen molar-refractivity contribution >= 4 is 17.9 Å². The SMILES string of the molecule is [C-]#[N+]C(CC)(CCC)C(=O)O.[C-]#[N+]C(CC)(CCC)C(=O)O.[C-]#[N+]C(CC)(CCC)C(=O)O.[C-]#[O+].[C-]#[O+].[C-]#[O+].[Mo].